The molecule has 1 heterocycles. The molecule has 30 heavy (non-hydrogen) atoms. The summed E-state index contributed by atoms with van der Waals surface area (Å²) in [5.74, 6) is 0.751. The maximum absolute atomic E-state index is 12.8. The van der Waals surface area contributed by atoms with Gasteiger partial charge in [-0.2, -0.15) is 0 Å². The van der Waals surface area contributed by atoms with Gasteiger partial charge in [0.05, 0.1) is 11.4 Å². The number of amides is 1. The lowest BCUT2D eigenvalue weighted by Gasteiger charge is -2.14. The Balaban J connectivity index is 1.41. The third-order valence-corrected chi connectivity index (χ3v) is 6.27. The smallest absolute Gasteiger partial charge is 0.266 e. The normalized spacial score (nSPS) is 15.1. The van der Waals surface area contributed by atoms with E-state index in [-0.39, 0.29) is 5.91 Å². The van der Waals surface area contributed by atoms with Gasteiger partial charge in [0.1, 0.15) is 16.7 Å². The molecule has 0 unspecified atom stereocenters. The summed E-state index contributed by atoms with van der Waals surface area (Å²) in [5.41, 5.74) is 4.39. The van der Waals surface area contributed by atoms with Gasteiger partial charge >= 0.3 is 0 Å². The second kappa shape index (κ2) is 9.28. The van der Waals surface area contributed by atoms with E-state index >= 15 is 0 Å². The molecule has 1 saturated heterocycles. The van der Waals surface area contributed by atoms with Crippen molar-refractivity contribution in [3.63, 3.8) is 0 Å². The molecule has 1 aliphatic heterocycles. The molecule has 0 radical (unpaired) electrons. The first-order valence-electron chi connectivity index (χ1n) is 9.67. The Morgan fingerprint density at radius 3 is 2.40 bits per heavy atom. The van der Waals surface area contributed by atoms with Crippen LogP contribution in [0.3, 0.4) is 0 Å². The molecular formula is C25H21NO2S2. The first-order valence-corrected chi connectivity index (χ1v) is 10.9. The first-order chi connectivity index (χ1) is 14.6. The van der Waals surface area contributed by atoms with Crippen LogP contribution in [0.1, 0.15) is 22.3 Å². The van der Waals surface area contributed by atoms with Crippen LogP contribution in [0.2, 0.25) is 0 Å². The summed E-state index contributed by atoms with van der Waals surface area (Å²) in [6, 6.07) is 25.8. The molecular weight excluding hydrogens is 410 g/mol. The van der Waals surface area contributed by atoms with Gasteiger partial charge in [0.2, 0.25) is 0 Å². The standard InChI is InChI=1S/C25H21NO2S2/c1-18-7-5-6-10-21(18)17-28-22-13-11-19(12-14-22)15-23-24(27)26(25(29)30-23)16-20-8-3-2-4-9-20/h2-15H,16-17H2,1H3/b23-15+. The van der Waals surface area contributed by atoms with Crippen molar-refractivity contribution >= 4 is 40.3 Å². The lowest BCUT2D eigenvalue weighted by atomic mass is 10.1. The minimum absolute atomic E-state index is 0.0475. The zero-order chi connectivity index (χ0) is 20.9. The quantitative estimate of drug-likeness (QED) is 0.355. The summed E-state index contributed by atoms with van der Waals surface area (Å²) in [4.78, 5) is 15.1. The summed E-state index contributed by atoms with van der Waals surface area (Å²) < 4.78 is 6.49. The summed E-state index contributed by atoms with van der Waals surface area (Å²) in [7, 11) is 0. The molecule has 0 spiro atoms. The predicted octanol–water partition coefficient (Wildman–Crippen LogP) is 5.98. The molecule has 0 atom stereocenters. The van der Waals surface area contributed by atoms with Crippen molar-refractivity contribution in [1.82, 2.24) is 4.90 Å². The van der Waals surface area contributed by atoms with Gasteiger partial charge in [-0.1, -0.05) is 90.7 Å². The average Bonchev–Trinajstić information content (AvgIpc) is 3.02. The zero-order valence-electron chi connectivity index (χ0n) is 16.6. The molecule has 0 bridgehead atoms. The largest absolute Gasteiger partial charge is 0.489 e. The molecule has 4 rings (SSSR count). The van der Waals surface area contributed by atoms with Crippen molar-refractivity contribution in [2.24, 2.45) is 0 Å². The number of hydrogen-bond donors (Lipinski definition) is 0. The summed E-state index contributed by atoms with van der Waals surface area (Å²) >= 11 is 6.78. The lowest BCUT2D eigenvalue weighted by Crippen LogP contribution is -2.27. The highest BCUT2D eigenvalue weighted by molar-refractivity contribution is 8.26. The molecule has 5 heteroatoms. The Kier molecular flexibility index (Phi) is 6.31. The number of thioether (sulfide) groups is 1. The monoisotopic (exact) mass is 431 g/mol. The fourth-order valence-electron chi connectivity index (χ4n) is 3.15. The first kappa shape index (κ1) is 20.4. The number of ether oxygens (including phenoxy) is 1. The Morgan fingerprint density at radius 2 is 1.67 bits per heavy atom. The molecule has 1 amide bonds. The second-order valence-electron chi connectivity index (χ2n) is 7.04. The van der Waals surface area contributed by atoms with Crippen LogP contribution < -0.4 is 4.74 Å². The molecule has 1 aliphatic rings. The van der Waals surface area contributed by atoms with Crippen molar-refractivity contribution in [3.05, 3.63) is 106 Å². The van der Waals surface area contributed by atoms with Gasteiger partial charge in [-0.25, -0.2) is 0 Å². The highest BCUT2D eigenvalue weighted by Gasteiger charge is 2.31. The van der Waals surface area contributed by atoms with Gasteiger partial charge in [0.15, 0.2) is 0 Å². The van der Waals surface area contributed by atoms with Crippen LogP contribution in [0.5, 0.6) is 5.75 Å². The number of carbonyl (C=O) groups excluding carboxylic acids is 1. The number of aryl methyl sites for hydroxylation is 1. The minimum Gasteiger partial charge on any atom is -0.489 e. The Bertz CT molecular complexity index is 1090. The van der Waals surface area contributed by atoms with Gasteiger partial charge < -0.3 is 4.74 Å². The molecule has 0 aliphatic carbocycles. The van der Waals surface area contributed by atoms with Crippen LogP contribution in [0.15, 0.2) is 83.8 Å². The predicted molar refractivity (Wildman–Crippen MR) is 127 cm³/mol. The van der Waals surface area contributed by atoms with E-state index in [1.165, 1.54) is 22.9 Å². The van der Waals surface area contributed by atoms with Crippen molar-refractivity contribution in [1.29, 1.82) is 0 Å². The van der Waals surface area contributed by atoms with Crippen molar-refractivity contribution in [2.45, 2.75) is 20.1 Å². The molecule has 0 aromatic heterocycles. The molecule has 3 aromatic carbocycles. The molecule has 1 fully saturated rings. The van der Waals surface area contributed by atoms with Gasteiger partial charge in [0.25, 0.3) is 5.91 Å². The van der Waals surface area contributed by atoms with E-state index < -0.39 is 0 Å². The molecule has 0 N–H and O–H groups in total. The van der Waals surface area contributed by atoms with Crippen LogP contribution >= 0.6 is 24.0 Å². The van der Waals surface area contributed by atoms with E-state index in [2.05, 4.69) is 19.1 Å². The van der Waals surface area contributed by atoms with Crippen LogP contribution in [-0.2, 0) is 17.9 Å². The molecule has 0 saturated carbocycles. The van der Waals surface area contributed by atoms with Crippen molar-refractivity contribution in [2.75, 3.05) is 0 Å². The SMILES string of the molecule is Cc1ccccc1COc1ccc(/C=C2/SC(=S)N(Cc3ccccc3)C2=O)cc1. The molecule has 3 aromatic rings. The fraction of sp³-hybridized carbons (Fsp3) is 0.120. The summed E-state index contributed by atoms with van der Waals surface area (Å²) in [5, 5.41) is 0. The topological polar surface area (TPSA) is 29.5 Å². The number of nitrogens with zero attached hydrogens (tertiary/aromatic N) is 1. The molecule has 150 valence electrons. The van der Waals surface area contributed by atoms with Gasteiger partial charge in [0, 0.05) is 0 Å². The number of thiocarbonyl (C=S) groups is 1. The number of hydrogen-bond acceptors (Lipinski definition) is 4. The van der Waals surface area contributed by atoms with Gasteiger partial charge in [-0.3, -0.25) is 9.69 Å². The van der Waals surface area contributed by atoms with E-state index in [4.69, 9.17) is 17.0 Å². The van der Waals surface area contributed by atoms with Crippen molar-refractivity contribution in [3.8, 4) is 5.75 Å². The van der Waals surface area contributed by atoms with Crippen LogP contribution in [0.4, 0.5) is 0 Å². The third kappa shape index (κ3) is 4.81. The van der Waals surface area contributed by atoms with Gasteiger partial charge in [-0.05, 0) is 47.4 Å². The van der Waals surface area contributed by atoms with E-state index in [0.717, 1.165) is 16.9 Å². The second-order valence-corrected chi connectivity index (χ2v) is 8.71. The maximum Gasteiger partial charge on any atom is 0.266 e. The van der Waals surface area contributed by atoms with Gasteiger partial charge in [-0.15, -0.1) is 0 Å². The maximum atomic E-state index is 12.8. The van der Waals surface area contributed by atoms with Crippen LogP contribution in [0.25, 0.3) is 6.08 Å². The van der Waals surface area contributed by atoms with Crippen molar-refractivity contribution < 1.29 is 9.53 Å². The zero-order valence-corrected chi connectivity index (χ0v) is 18.2. The average molecular weight is 432 g/mol. The number of rotatable bonds is 6. The Hall–Kier alpha value is -2.89. The number of benzene rings is 3. The molecule has 3 nitrogen and oxygen atoms in total. The van der Waals surface area contributed by atoms with Crippen LogP contribution in [0, 0.1) is 6.92 Å². The summed E-state index contributed by atoms with van der Waals surface area (Å²) in [6.07, 6.45) is 1.88. The Morgan fingerprint density at radius 1 is 0.967 bits per heavy atom. The highest BCUT2D eigenvalue weighted by Crippen LogP contribution is 2.33. The van der Waals surface area contributed by atoms with E-state index in [1.807, 2.05) is 72.8 Å². The fourth-order valence-corrected chi connectivity index (χ4v) is 4.40. The van der Waals surface area contributed by atoms with E-state index in [0.29, 0.717) is 22.4 Å². The minimum atomic E-state index is -0.0475. The summed E-state index contributed by atoms with van der Waals surface area (Å²) in [6.45, 7) is 3.11. The third-order valence-electron chi connectivity index (χ3n) is 4.89. The highest BCUT2D eigenvalue weighted by atomic mass is 32.2. The number of carbonyl (C=O) groups is 1. The lowest BCUT2D eigenvalue weighted by molar-refractivity contribution is -0.122. The Labute approximate surface area is 186 Å². The van der Waals surface area contributed by atoms with E-state index in [1.54, 1.807) is 4.90 Å². The van der Waals surface area contributed by atoms with Crippen LogP contribution in [-0.4, -0.2) is 15.1 Å². The van der Waals surface area contributed by atoms with E-state index in [9.17, 15) is 4.79 Å².